The molecule has 1 aliphatic heterocycles. The molecule has 0 spiro atoms. The van der Waals surface area contributed by atoms with Crippen molar-refractivity contribution in [2.75, 3.05) is 5.06 Å². The van der Waals surface area contributed by atoms with E-state index in [9.17, 15) is 19.6 Å². The number of amides is 2. The molecule has 1 aromatic rings. The van der Waals surface area contributed by atoms with Crippen LogP contribution in [-0.2, 0) is 25.5 Å². The second-order valence-electron chi connectivity index (χ2n) is 8.52. The number of rotatable bonds is 2. The quantitative estimate of drug-likeness (QED) is 0.753. The first-order chi connectivity index (χ1) is 13.3. The predicted octanol–water partition coefficient (Wildman–Crippen LogP) is 3.21. The number of ether oxygens (including phenoxy) is 2. The van der Waals surface area contributed by atoms with Crippen LogP contribution in [0.1, 0.15) is 52.7 Å². The lowest BCUT2D eigenvalue weighted by atomic mass is 9.96. The van der Waals surface area contributed by atoms with Gasteiger partial charge in [-0.2, -0.15) is 5.26 Å². The number of nitrogens with one attached hydrogen (secondary N) is 1. The van der Waals surface area contributed by atoms with E-state index >= 15 is 0 Å². The van der Waals surface area contributed by atoms with Gasteiger partial charge in [0.1, 0.15) is 29.0 Å². The van der Waals surface area contributed by atoms with Gasteiger partial charge in [-0.25, -0.2) is 9.59 Å². The van der Waals surface area contributed by atoms with Gasteiger partial charge in [0.05, 0.1) is 5.56 Å². The number of alkyl carbamates (subject to hydrolysis) is 1. The Morgan fingerprint density at radius 1 is 1.14 bits per heavy atom. The molecule has 0 bridgehead atoms. The number of hydrogen-bond acceptors (Lipinski definition) is 7. The predicted molar refractivity (Wildman–Crippen MR) is 103 cm³/mol. The van der Waals surface area contributed by atoms with Crippen molar-refractivity contribution >= 4 is 23.8 Å². The fourth-order valence-electron chi connectivity index (χ4n) is 2.64. The van der Waals surface area contributed by atoms with Crippen LogP contribution < -0.4 is 10.4 Å². The zero-order chi connectivity index (χ0) is 22.0. The zero-order valence-electron chi connectivity index (χ0n) is 17.4. The summed E-state index contributed by atoms with van der Waals surface area (Å²) in [7, 11) is 0. The van der Waals surface area contributed by atoms with Crippen LogP contribution in [0, 0.1) is 11.3 Å². The summed E-state index contributed by atoms with van der Waals surface area (Å²) in [6, 6.07) is 5.75. The number of carbonyl (C=O) groups is 3. The summed E-state index contributed by atoms with van der Waals surface area (Å²) in [6.07, 6.45) is -1.78. The number of fused-ring (bicyclic) bond motifs is 1. The molecule has 0 aromatic heterocycles. The number of hydrogen-bond donors (Lipinski definition) is 1. The second-order valence-corrected chi connectivity index (χ2v) is 8.52. The zero-order valence-corrected chi connectivity index (χ0v) is 17.4. The molecule has 0 saturated heterocycles. The topological polar surface area (TPSA) is 118 Å². The van der Waals surface area contributed by atoms with E-state index in [0.717, 1.165) is 0 Å². The number of para-hydroxylation sites is 1. The van der Waals surface area contributed by atoms with Gasteiger partial charge in [-0.3, -0.25) is 9.63 Å². The van der Waals surface area contributed by atoms with E-state index in [-0.39, 0.29) is 17.7 Å². The average Bonchev–Trinajstić information content (AvgIpc) is 2.54. The molecule has 1 aromatic carbocycles. The largest absolute Gasteiger partial charge is 0.534 e. The van der Waals surface area contributed by atoms with Crippen LogP contribution in [0.5, 0.6) is 0 Å². The van der Waals surface area contributed by atoms with Crippen molar-refractivity contribution in [3.05, 3.63) is 29.3 Å². The van der Waals surface area contributed by atoms with Gasteiger partial charge in [-0.1, -0.05) is 12.1 Å². The van der Waals surface area contributed by atoms with Crippen LogP contribution in [0.25, 0.3) is 0 Å². The van der Waals surface area contributed by atoms with Crippen LogP contribution in [0.3, 0.4) is 0 Å². The molecule has 156 valence electrons. The Labute approximate surface area is 169 Å². The maximum Gasteiger partial charge on any atom is 0.534 e. The van der Waals surface area contributed by atoms with Gasteiger partial charge in [0.2, 0.25) is 0 Å². The Balaban J connectivity index is 2.34. The Bertz CT molecular complexity index is 860. The molecule has 9 nitrogen and oxygen atoms in total. The van der Waals surface area contributed by atoms with Crippen LogP contribution >= 0.6 is 0 Å². The van der Waals surface area contributed by atoms with Crippen molar-refractivity contribution in [2.24, 2.45) is 0 Å². The summed E-state index contributed by atoms with van der Waals surface area (Å²) in [6.45, 7) is 10.0. The van der Waals surface area contributed by atoms with E-state index in [4.69, 9.17) is 14.3 Å². The van der Waals surface area contributed by atoms with Crippen molar-refractivity contribution in [1.82, 2.24) is 5.32 Å². The van der Waals surface area contributed by atoms with E-state index in [1.54, 1.807) is 53.7 Å². The Morgan fingerprint density at radius 3 is 2.31 bits per heavy atom. The normalized spacial score (nSPS) is 16.4. The molecule has 1 N–H and O–H groups in total. The molecular weight excluding hydrogens is 378 g/mol. The number of hydroxylamine groups is 1. The van der Waals surface area contributed by atoms with Crippen molar-refractivity contribution in [3.63, 3.8) is 0 Å². The lowest BCUT2D eigenvalue weighted by Gasteiger charge is -2.33. The number of nitriles is 1. The van der Waals surface area contributed by atoms with Crippen LogP contribution in [-0.4, -0.2) is 35.4 Å². The minimum absolute atomic E-state index is 0.108. The van der Waals surface area contributed by atoms with Gasteiger partial charge >= 0.3 is 12.2 Å². The molecular formula is C20H25N3O6. The highest BCUT2D eigenvalue weighted by molar-refractivity contribution is 6.02. The van der Waals surface area contributed by atoms with Crippen molar-refractivity contribution in [1.29, 1.82) is 5.26 Å². The second kappa shape index (κ2) is 7.99. The Morgan fingerprint density at radius 2 is 1.76 bits per heavy atom. The highest BCUT2D eigenvalue weighted by Crippen LogP contribution is 2.32. The standard InChI is InChI=1S/C20H25N3O6/c1-19(2,3)27-17(25)22-14-10-12-8-7-9-13(11-21)15(12)23(16(14)24)29-18(26)28-20(4,5)6/h7-9,14H,10H2,1-6H3,(H,22,25). The summed E-state index contributed by atoms with van der Waals surface area (Å²) < 4.78 is 10.3. The maximum absolute atomic E-state index is 13.0. The lowest BCUT2D eigenvalue weighted by Crippen LogP contribution is -2.54. The molecule has 1 aliphatic rings. The summed E-state index contributed by atoms with van der Waals surface area (Å²) in [5.41, 5.74) is -0.751. The van der Waals surface area contributed by atoms with Crippen LogP contribution in [0.4, 0.5) is 15.3 Å². The van der Waals surface area contributed by atoms with E-state index < -0.39 is 35.4 Å². The van der Waals surface area contributed by atoms with Crippen molar-refractivity contribution in [3.8, 4) is 6.07 Å². The number of carbonyl (C=O) groups excluding carboxylic acids is 3. The van der Waals surface area contributed by atoms with Gasteiger partial charge in [-0.15, -0.1) is 5.06 Å². The lowest BCUT2D eigenvalue weighted by molar-refractivity contribution is -0.128. The summed E-state index contributed by atoms with van der Waals surface area (Å²) in [4.78, 5) is 42.4. The molecule has 0 aliphatic carbocycles. The minimum atomic E-state index is -1.11. The Kier molecular flexibility index (Phi) is 6.07. The first-order valence-corrected chi connectivity index (χ1v) is 9.07. The third-order valence-corrected chi connectivity index (χ3v) is 3.61. The molecule has 29 heavy (non-hydrogen) atoms. The summed E-state index contributed by atoms with van der Waals surface area (Å²) in [5, 5.41) is 12.6. The number of benzene rings is 1. The van der Waals surface area contributed by atoms with Crippen molar-refractivity contribution < 1.29 is 28.7 Å². The summed E-state index contributed by atoms with van der Waals surface area (Å²) >= 11 is 0. The van der Waals surface area contributed by atoms with Crippen molar-refractivity contribution in [2.45, 2.75) is 65.2 Å². The molecule has 1 heterocycles. The molecule has 2 amide bonds. The number of anilines is 1. The van der Waals surface area contributed by atoms with E-state index in [2.05, 4.69) is 5.32 Å². The van der Waals surface area contributed by atoms with Crippen LogP contribution in [0.2, 0.25) is 0 Å². The van der Waals surface area contributed by atoms with Gasteiger partial charge in [0.15, 0.2) is 0 Å². The molecule has 9 heteroatoms. The van der Waals surface area contributed by atoms with Crippen LogP contribution in [0.15, 0.2) is 18.2 Å². The Hall–Kier alpha value is -3.28. The molecule has 0 fully saturated rings. The molecule has 0 radical (unpaired) electrons. The third-order valence-electron chi connectivity index (χ3n) is 3.61. The fourth-order valence-corrected chi connectivity index (χ4v) is 2.64. The SMILES string of the molecule is CC(C)(C)OC(=O)NC1Cc2cccc(C#N)c2N(OC(=O)OC(C)(C)C)C1=O. The van der Waals surface area contributed by atoms with Gasteiger partial charge < -0.3 is 14.8 Å². The minimum Gasteiger partial charge on any atom is -0.444 e. The molecule has 2 rings (SSSR count). The van der Waals surface area contributed by atoms with E-state index in [0.29, 0.717) is 10.6 Å². The van der Waals surface area contributed by atoms with Gasteiger partial charge in [0.25, 0.3) is 5.91 Å². The first kappa shape index (κ1) is 22.0. The van der Waals surface area contributed by atoms with Gasteiger partial charge in [-0.05, 0) is 53.2 Å². The monoisotopic (exact) mass is 403 g/mol. The van der Waals surface area contributed by atoms with Gasteiger partial charge in [0, 0.05) is 6.42 Å². The smallest absolute Gasteiger partial charge is 0.444 e. The molecule has 1 atom stereocenters. The highest BCUT2D eigenvalue weighted by atomic mass is 16.8. The maximum atomic E-state index is 13.0. The molecule has 1 unspecified atom stereocenters. The number of nitrogens with zero attached hydrogens (tertiary/aromatic N) is 2. The molecule has 0 saturated carbocycles. The first-order valence-electron chi connectivity index (χ1n) is 9.07. The fraction of sp³-hybridized carbons (Fsp3) is 0.500. The summed E-state index contributed by atoms with van der Waals surface area (Å²) in [5.74, 6) is -0.725. The van der Waals surface area contributed by atoms with E-state index in [1.165, 1.54) is 6.07 Å². The average molecular weight is 403 g/mol. The third kappa shape index (κ3) is 5.85. The highest BCUT2D eigenvalue weighted by Gasteiger charge is 2.39. The van der Waals surface area contributed by atoms with E-state index in [1.807, 2.05) is 6.07 Å².